The first-order chi connectivity index (χ1) is 7.70. The fourth-order valence-corrected chi connectivity index (χ4v) is 2.12. The number of fused-ring (bicyclic) bond motifs is 1. The van der Waals surface area contributed by atoms with Gasteiger partial charge in [-0.2, -0.15) is 10.2 Å². The third kappa shape index (κ3) is 2.17. The molecule has 3 nitrogen and oxygen atoms in total. The molecular formula is C12H12N2OS. The second-order valence-corrected chi connectivity index (χ2v) is 4.83. The van der Waals surface area contributed by atoms with Gasteiger partial charge in [0.2, 0.25) is 0 Å². The van der Waals surface area contributed by atoms with Crippen LogP contribution in [0.1, 0.15) is 0 Å². The van der Waals surface area contributed by atoms with Crippen molar-refractivity contribution in [3.63, 3.8) is 0 Å². The van der Waals surface area contributed by atoms with Crippen LogP contribution in [-0.4, -0.2) is 17.5 Å². The second-order valence-electron chi connectivity index (χ2n) is 3.45. The van der Waals surface area contributed by atoms with E-state index in [0.717, 1.165) is 21.4 Å². The molecule has 0 bridgehead atoms. The SMILES string of the molecule is CN=Nc1ccc2cc(S(C)=O)ccc2c1. The molecule has 0 saturated heterocycles. The van der Waals surface area contributed by atoms with Gasteiger partial charge in [0, 0.05) is 29.0 Å². The number of hydrogen-bond acceptors (Lipinski definition) is 3. The second kappa shape index (κ2) is 4.53. The lowest BCUT2D eigenvalue weighted by atomic mass is 10.1. The minimum absolute atomic E-state index is 0.834. The molecule has 0 aliphatic rings. The normalized spacial score (nSPS) is 13.4. The summed E-state index contributed by atoms with van der Waals surface area (Å²) < 4.78 is 11.3. The molecular weight excluding hydrogens is 220 g/mol. The topological polar surface area (TPSA) is 41.8 Å². The molecule has 2 aromatic carbocycles. The first-order valence-electron chi connectivity index (χ1n) is 4.88. The summed E-state index contributed by atoms with van der Waals surface area (Å²) in [4.78, 5) is 0.845. The van der Waals surface area contributed by atoms with Gasteiger partial charge < -0.3 is 0 Å². The van der Waals surface area contributed by atoms with Crippen LogP contribution in [0, 0.1) is 0 Å². The van der Waals surface area contributed by atoms with Crippen molar-refractivity contribution in [2.24, 2.45) is 10.2 Å². The number of azo groups is 1. The summed E-state index contributed by atoms with van der Waals surface area (Å²) in [6, 6.07) is 11.6. The Hall–Kier alpha value is -1.55. The van der Waals surface area contributed by atoms with Crippen LogP contribution in [0.5, 0.6) is 0 Å². The van der Waals surface area contributed by atoms with Gasteiger partial charge >= 0.3 is 0 Å². The minimum atomic E-state index is -0.936. The minimum Gasteiger partial charge on any atom is -0.255 e. The average Bonchev–Trinajstić information content (AvgIpc) is 2.28. The maximum Gasteiger partial charge on any atom is 0.0858 e. The van der Waals surface area contributed by atoms with Gasteiger partial charge in [0.05, 0.1) is 5.69 Å². The van der Waals surface area contributed by atoms with E-state index in [-0.39, 0.29) is 0 Å². The van der Waals surface area contributed by atoms with Crippen LogP contribution in [0.15, 0.2) is 51.5 Å². The van der Waals surface area contributed by atoms with Gasteiger partial charge in [-0.3, -0.25) is 4.21 Å². The Morgan fingerprint density at radius 3 is 2.44 bits per heavy atom. The molecule has 0 radical (unpaired) electrons. The number of nitrogens with zero attached hydrogens (tertiary/aromatic N) is 2. The summed E-state index contributed by atoms with van der Waals surface area (Å²) >= 11 is 0. The molecule has 16 heavy (non-hydrogen) atoms. The summed E-state index contributed by atoms with van der Waals surface area (Å²) in [7, 11) is 0.711. The number of rotatable bonds is 2. The molecule has 1 atom stereocenters. The van der Waals surface area contributed by atoms with Crippen LogP contribution >= 0.6 is 0 Å². The molecule has 0 amide bonds. The fourth-order valence-electron chi connectivity index (χ4n) is 1.57. The van der Waals surface area contributed by atoms with Crippen LogP contribution in [-0.2, 0) is 10.8 Å². The van der Waals surface area contributed by atoms with Gasteiger partial charge in [0.25, 0.3) is 0 Å². The van der Waals surface area contributed by atoms with Crippen molar-refractivity contribution in [2.45, 2.75) is 4.90 Å². The Morgan fingerprint density at radius 1 is 1.06 bits per heavy atom. The summed E-state index contributed by atoms with van der Waals surface area (Å²) in [5, 5.41) is 9.87. The molecule has 4 heteroatoms. The van der Waals surface area contributed by atoms with Crippen molar-refractivity contribution in [3.8, 4) is 0 Å². The Labute approximate surface area is 96.7 Å². The van der Waals surface area contributed by atoms with Crippen LogP contribution in [0.2, 0.25) is 0 Å². The van der Waals surface area contributed by atoms with Crippen molar-refractivity contribution in [1.82, 2.24) is 0 Å². The van der Waals surface area contributed by atoms with Gasteiger partial charge in [0.15, 0.2) is 0 Å². The van der Waals surface area contributed by atoms with Gasteiger partial charge in [0.1, 0.15) is 0 Å². The quantitative estimate of drug-likeness (QED) is 0.732. The zero-order valence-electron chi connectivity index (χ0n) is 9.18. The van der Waals surface area contributed by atoms with E-state index >= 15 is 0 Å². The largest absolute Gasteiger partial charge is 0.255 e. The van der Waals surface area contributed by atoms with Crippen molar-refractivity contribution >= 4 is 27.3 Å². The van der Waals surface area contributed by atoms with Crippen LogP contribution in [0.25, 0.3) is 10.8 Å². The predicted molar refractivity (Wildman–Crippen MR) is 66.7 cm³/mol. The lowest BCUT2D eigenvalue weighted by Crippen LogP contribution is -1.86. The molecule has 0 heterocycles. The highest BCUT2D eigenvalue weighted by Crippen LogP contribution is 2.23. The Bertz CT molecular complexity index is 578. The van der Waals surface area contributed by atoms with E-state index in [1.807, 2.05) is 36.4 Å². The van der Waals surface area contributed by atoms with Crippen LogP contribution < -0.4 is 0 Å². The first kappa shape index (κ1) is 11.0. The number of benzene rings is 2. The van der Waals surface area contributed by atoms with Gasteiger partial charge in [-0.25, -0.2) is 0 Å². The van der Waals surface area contributed by atoms with E-state index in [1.165, 1.54) is 0 Å². The first-order valence-corrected chi connectivity index (χ1v) is 6.43. The third-order valence-electron chi connectivity index (χ3n) is 2.34. The van der Waals surface area contributed by atoms with Gasteiger partial charge in [-0.1, -0.05) is 12.1 Å². The molecule has 0 aliphatic carbocycles. The Balaban J connectivity index is 2.56. The molecule has 82 valence electrons. The number of hydrogen-bond donors (Lipinski definition) is 0. The molecule has 0 aromatic heterocycles. The summed E-state index contributed by atoms with van der Waals surface area (Å²) in [5.41, 5.74) is 0.834. The Kier molecular flexibility index (Phi) is 3.10. The highest BCUT2D eigenvalue weighted by molar-refractivity contribution is 7.84. The van der Waals surface area contributed by atoms with E-state index in [4.69, 9.17) is 0 Å². The molecule has 0 saturated carbocycles. The molecule has 0 fully saturated rings. The monoisotopic (exact) mass is 232 g/mol. The zero-order chi connectivity index (χ0) is 11.5. The zero-order valence-corrected chi connectivity index (χ0v) is 9.99. The summed E-state index contributed by atoms with van der Waals surface area (Å²) in [6.45, 7) is 0. The highest BCUT2D eigenvalue weighted by atomic mass is 32.2. The molecule has 0 spiro atoms. The summed E-state index contributed by atoms with van der Waals surface area (Å²) in [5.74, 6) is 0. The van der Waals surface area contributed by atoms with Crippen LogP contribution in [0.4, 0.5) is 5.69 Å². The van der Waals surface area contributed by atoms with Crippen molar-refractivity contribution < 1.29 is 4.21 Å². The highest BCUT2D eigenvalue weighted by Gasteiger charge is 2.00. The van der Waals surface area contributed by atoms with E-state index in [9.17, 15) is 4.21 Å². The molecule has 2 rings (SSSR count). The molecule has 0 aliphatic heterocycles. The van der Waals surface area contributed by atoms with Crippen LogP contribution in [0.3, 0.4) is 0 Å². The molecule has 0 N–H and O–H groups in total. The lowest BCUT2D eigenvalue weighted by molar-refractivity contribution is 0.687. The van der Waals surface area contributed by atoms with Crippen molar-refractivity contribution in [1.29, 1.82) is 0 Å². The van der Waals surface area contributed by atoms with Crippen molar-refractivity contribution in [3.05, 3.63) is 36.4 Å². The van der Waals surface area contributed by atoms with Gasteiger partial charge in [-0.05, 0) is 35.0 Å². The predicted octanol–water partition coefficient (Wildman–Crippen LogP) is 3.29. The van der Waals surface area contributed by atoms with Gasteiger partial charge in [-0.15, -0.1) is 0 Å². The fraction of sp³-hybridized carbons (Fsp3) is 0.167. The maximum atomic E-state index is 11.3. The smallest absolute Gasteiger partial charge is 0.0858 e. The third-order valence-corrected chi connectivity index (χ3v) is 3.26. The summed E-state index contributed by atoms with van der Waals surface area (Å²) in [6.07, 6.45) is 1.68. The Morgan fingerprint density at radius 2 is 1.75 bits per heavy atom. The molecule has 1 unspecified atom stereocenters. The standard InChI is InChI=1S/C12H12N2OS/c1-13-14-11-5-3-10-8-12(16(2)15)6-4-9(10)7-11/h3-8H,1-2H3. The maximum absolute atomic E-state index is 11.3. The van der Waals surface area contributed by atoms with E-state index in [0.29, 0.717) is 0 Å². The van der Waals surface area contributed by atoms with Crippen molar-refractivity contribution in [2.75, 3.05) is 13.3 Å². The average molecular weight is 232 g/mol. The van der Waals surface area contributed by atoms with E-state index < -0.39 is 10.8 Å². The molecule has 2 aromatic rings. The van der Waals surface area contributed by atoms with E-state index in [1.54, 1.807) is 13.3 Å². The lowest BCUT2D eigenvalue weighted by Gasteiger charge is -2.01. The van der Waals surface area contributed by atoms with E-state index in [2.05, 4.69) is 10.2 Å².